The molecule has 2 nitrogen and oxygen atoms in total. The minimum atomic E-state index is -2.39. The van der Waals surface area contributed by atoms with Gasteiger partial charge in [0.1, 0.15) is 0 Å². The zero-order valence-electron chi connectivity index (χ0n) is 7.76. The van der Waals surface area contributed by atoms with Crippen LogP contribution in [0.3, 0.4) is 0 Å². The molecule has 2 rings (SSSR count). The van der Waals surface area contributed by atoms with E-state index < -0.39 is 5.92 Å². The average Bonchev–Trinajstić information content (AvgIpc) is 2.35. The van der Waals surface area contributed by atoms with Crippen LogP contribution in [0.15, 0.2) is 0 Å². The Hall–Kier alpha value is 0.360. The van der Waals surface area contributed by atoms with E-state index in [1.54, 1.807) is 0 Å². The first kappa shape index (κ1) is 14.4. The molecule has 1 saturated heterocycles. The van der Waals surface area contributed by atoms with Gasteiger partial charge in [0.05, 0.1) is 0 Å². The summed E-state index contributed by atoms with van der Waals surface area (Å²) in [7, 11) is 0. The summed E-state index contributed by atoms with van der Waals surface area (Å²) in [5, 5.41) is 6.43. The zero-order chi connectivity index (χ0) is 8.60. The monoisotopic (exact) mass is 248 g/mol. The third kappa shape index (κ3) is 3.50. The predicted molar refractivity (Wildman–Crippen MR) is 56.9 cm³/mol. The first-order chi connectivity index (χ1) is 5.66. The van der Waals surface area contributed by atoms with Crippen LogP contribution in [-0.4, -0.2) is 31.1 Å². The van der Waals surface area contributed by atoms with Crippen molar-refractivity contribution in [1.82, 2.24) is 10.6 Å². The molecule has 0 aromatic heterocycles. The van der Waals surface area contributed by atoms with Crippen LogP contribution in [0.5, 0.6) is 0 Å². The van der Waals surface area contributed by atoms with Gasteiger partial charge in [-0.1, -0.05) is 0 Å². The van der Waals surface area contributed by atoms with Crippen LogP contribution in [0.4, 0.5) is 8.78 Å². The lowest BCUT2D eigenvalue weighted by molar-refractivity contribution is -0.0943. The second kappa shape index (κ2) is 5.45. The number of rotatable bonds is 2. The van der Waals surface area contributed by atoms with Gasteiger partial charge in [0, 0.05) is 31.5 Å². The standard InChI is InChI=1S/C8H14F2N2.2ClH/c9-8(10)3-7(4-8)12-6-1-2-11-5-6;;/h6-7,11-12H,1-5H2;2*1H. The van der Waals surface area contributed by atoms with Gasteiger partial charge in [-0.25, -0.2) is 8.78 Å². The Bertz CT molecular complexity index is 167. The second-order valence-corrected chi connectivity index (χ2v) is 3.82. The highest BCUT2D eigenvalue weighted by molar-refractivity contribution is 5.85. The van der Waals surface area contributed by atoms with Gasteiger partial charge in [-0.3, -0.25) is 0 Å². The summed E-state index contributed by atoms with van der Waals surface area (Å²) in [6.07, 6.45) is 1.13. The summed E-state index contributed by atoms with van der Waals surface area (Å²) < 4.78 is 24.8. The molecule has 0 amide bonds. The molecule has 1 heterocycles. The van der Waals surface area contributed by atoms with Crippen LogP contribution >= 0.6 is 24.8 Å². The lowest BCUT2D eigenvalue weighted by atomic mass is 9.87. The smallest absolute Gasteiger partial charge is 0.251 e. The molecular formula is C8H16Cl2F2N2. The van der Waals surface area contributed by atoms with E-state index in [0.717, 1.165) is 19.5 Å². The molecule has 1 unspecified atom stereocenters. The van der Waals surface area contributed by atoms with Crippen molar-refractivity contribution in [3.8, 4) is 0 Å². The van der Waals surface area contributed by atoms with E-state index in [-0.39, 0.29) is 43.7 Å². The van der Waals surface area contributed by atoms with Crippen LogP contribution in [0.1, 0.15) is 19.3 Å². The minimum Gasteiger partial charge on any atom is -0.315 e. The summed E-state index contributed by atoms with van der Waals surface area (Å²) in [5.41, 5.74) is 0. The van der Waals surface area contributed by atoms with Gasteiger partial charge in [-0.15, -0.1) is 24.8 Å². The van der Waals surface area contributed by atoms with E-state index in [1.165, 1.54) is 0 Å². The number of halogens is 4. The first-order valence-electron chi connectivity index (χ1n) is 4.50. The molecule has 86 valence electrons. The molecule has 1 atom stereocenters. The molecule has 0 radical (unpaired) electrons. The Kier molecular flexibility index (Phi) is 5.59. The van der Waals surface area contributed by atoms with Crippen LogP contribution in [0.25, 0.3) is 0 Å². The maximum Gasteiger partial charge on any atom is 0.251 e. The maximum atomic E-state index is 12.4. The van der Waals surface area contributed by atoms with Gasteiger partial charge >= 0.3 is 0 Å². The van der Waals surface area contributed by atoms with E-state index in [0.29, 0.717) is 6.04 Å². The summed E-state index contributed by atoms with van der Waals surface area (Å²) in [6, 6.07) is 0.482. The molecule has 0 aromatic carbocycles. The minimum absolute atomic E-state index is 0. The molecule has 0 aromatic rings. The first-order valence-corrected chi connectivity index (χ1v) is 4.50. The van der Waals surface area contributed by atoms with E-state index >= 15 is 0 Å². The van der Waals surface area contributed by atoms with Crippen molar-refractivity contribution in [2.75, 3.05) is 13.1 Å². The Balaban J connectivity index is 0.000000845. The molecule has 14 heavy (non-hydrogen) atoms. The molecule has 1 saturated carbocycles. The Morgan fingerprint density at radius 3 is 2.21 bits per heavy atom. The van der Waals surface area contributed by atoms with Crippen molar-refractivity contribution in [3.63, 3.8) is 0 Å². The fraction of sp³-hybridized carbons (Fsp3) is 1.00. The highest BCUT2D eigenvalue weighted by atomic mass is 35.5. The number of hydrogen-bond donors (Lipinski definition) is 2. The fourth-order valence-electron chi connectivity index (χ4n) is 1.91. The molecule has 1 aliphatic carbocycles. The Morgan fingerprint density at radius 1 is 1.14 bits per heavy atom. The predicted octanol–water partition coefficient (Wildman–Crippen LogP) is 1.58. The molecule has 2 fully saturated rings. The second-order valence-electron chi connectivity index (χ2n) is 3.82. The molecule has 1 aliphatic heterocycles. The lowest BCUT2D eigenvalue weighted by Gasteiger charge is -2.37. The largest absolute Gasteiger partial charge is 0.315 e. The normalized spacial score (nSPS) is 30.0. The molecule has 0 bridgehead atoms. The van der Waals surface area contributed by atoms with Gasteiger partial charge in [-0.2, -0.15) is 0 Å². The van der Waals surface area contributed by atoms with Crippen molar-refractivity contribution >= 4 is 24.8 Å². The van der Waals surface area contributed by atoms with Gasteiger partial charge in [0.25, 0.3) is 5.92 Å². The van der Waals surface area contributed by atoms with E-state index in [4.69, 9.17) is 0 Å². The van der Waals surface area contributed by atoms with Crippen molar-refractivity contribution in [1.29, 1.82) is 0 Å². The maximum absolute atomic E-state index is 12.4. The molecule has 2 N–H and O–H groups in total. The van der Waals surface area contributed by atoms with Crippen LogP contribution < -0.4 is 10.6 Å². The zero-order valence-corrected chi connectivity index (χ0v) is 9.40. The summed E-state index contributed by atoms with van der Waals surface area (Å²) in [6.45, 7) is 1.95. The Labute approximate surface area is 95.0 Å². The molecule has 0 spiro atoms. The quantitative estimate of drug-likeness (QED) is 0.776. The van der Waals surface area contributed by atoms with Crippen LogP contribution in [0.2, 0.25) is 0 Å². The van der Waals surface area contributed by atoms with Gasteiger partial charge in [-0.05, 0) is 13.0 Å². The van der Waals surface area contributed by atoms with Gasteiger partial charge in [0.2, 0.25) is 0 Å². The summed E-state index contributed by atoms with van der Waals surface area (Å²) >= 11 is 0. The topological polar surface area (TPSA) is 24.1 Å². The summed E-state index contributed by atoms with van der Waals surface area (Å²) in [4.78, 5) is 0. The lowest BCUT2D eigenvalue weighted by Crippen LogP contribution is -2.52. The highest BCUT2D eigenvalue weighted by Gasteiger charge is 2.45. The highest BCUT2D eigenvalue weighted by Crippen LogP contribution is 2.37. The SMILES string of the molecule is Cl.Cl.FC1(F)CC(NC2CCNC2)C1. The molecule has 6 heteroatoms. The van der Waals surface area contributed by atoms with Crippen LogP contribution in [-0.2, 0) is 0 Å². The molecular weight excluding hydrogens is 233 g/mol. The average molecular weight is 249 g/mol. The van der Waals surface area contributed by atoms with E-state index in [2.05, 4.69) is 10.6 Å². The summed E-state index contributed by atoms with van der Waals surface area (Å²) in [5.74, 6) is -2.39. The van der Waals surface area contributed by atoms with Gasteiger partial charge < -0.3 is 10.6 Å². The van der Waals surface area contributed by atoms with Gasteiger partial charge in [0.15, 0.2) is 0 Å². The third-order valence-corrected chi connectivity index (χ3v) is 2.62. The van der Waals surface area contributed by atoms with Crippen molar-refractivity contribution in [2.45, 2.75) is 37.3 Å². The number of hydrogen-bond acceptors (Lipinski definition) is 2. The number of alkyl halides is 2. The van der Waals surface area contributed by atoms with E-state index in [1.807, 2.05) is 0 Å². The van der Waals surface area contributed by atoms with Crippen molar-refractivity contribution < 1.29 is 8.78 Å². The van der Waals surface area contributed by atoms with Crippen molar-refractivity contribution in [2.24, 2.45) is 0 Å². The third-order valence-electron chi connectivity index (χ3n) is 2.62. The fourth-order valence-corrected chi connectivity index (χ4v) is 1.91. The van der Waals surface area contributed by atoms with Crippen LogP contribution in [0, 0.1) is 0 Å². The van der Waals surface area contributed by atoms with E-state index in [9.17, 15) is 8.78 Å². The number of nitrogens with one attached hydrogen (secondary N) is 2. The Morgan fingerprint density at radius 2 is 1.79 bits per heavy atom. The molecule has 2 aliphatic rings. The van der Waals surface area contributed by atoms with Crippen molar-refractivity contribution in [3.05, 3.63) is 0 Å².